The van der Waals surface area contributed by atoms with Gasteiger partial charge in [-0.2, -0.15) is 0 Å². The first-order chi connectivity index (χ1) is 13.3. The highest BCUT2D eigenvalue weighted by Gasteiger charge is 2.45. The first kappa shape index (κ1) is 20.6. The zero-order valence-electron chi connectivity index (χ0n) is 15.4. The number of amides is 1. The van der Waals surface area contributed by atoms with Gasteiger partial charge in [0, 0.05) is 5.56 Å². The molecule has 0 atom stereocenters. The highest BCUT2D eigenvalue weighted by Crippen LogP contribution is 2.43. The Bertz CT molecular complexity index is 911. The Morgan fingerprint density at radius 2 is 1.82 bits per heavy atom. The summed E-state index contributed by atoms with van der Waals surface area (Å²) in [5.41, 5.74) is 0.295. The van der Waals surface area contributed by atoms with Gasteiger partial charge in [-0.1, -0.05) is 60.3 Å². The number of halogens is 3. The maximum absolute atomic E-state index is 14.3. The molecule has 0 aromatic heterocycles. The average Bonchev–Trinajstić information content (AvgIpc) is 3.17. The number of esters is 1. The van der Waals surface area contributed by atoms with Crippen molar-refractivity contribution < 1.29 is 18.7 Å². The molecule has 0 radical (unpaired) electrons. The van der Waals surface area contributed by atoms with E-state index in [9.17, 15) is 14.0 Å². The summed E-state index contributed by atoms with van der Waals surface area (Å²) in [5.74, 6) is -1.60. The summed E-state index contributed by atoms with van der Waals surface area (Å²) in [6, 6.07) is 9.57. The Kier molecular flexibility index (Phi) is 6.26. The third kappa shape index (κ3) is 4.01. The molecule has 0 unspecified atom stereocenters. The molecule has 1 fully saturated rings. The van der Waals surface area contributed by atoms with Crippen molar-refractivity contribution >= 4 is 40.8 Å². The van der Waals surface area contributed by atoms with Crippen molar-refractivity contribution in [2.24, 2.45) is 0 Å². The van der Waals surface area contributed by atoms with Gasteiger partial charge < -0.3 is 10.1 Å². The van der Waals surface area contributed by atoms with Crippen LogP contribution >= 0.6 is 23.2 Å². The van der Waals surface area contributed by atoms with Crippen molar-refractivity contribution in [3.63, 3.8) is 0 Å². The molecular formula is C21H20Cl2FNO3. The lowest BCUT2D eigenvalue weighted by Gasteiger charge is -2.27. The van der Waals surface area contributed by atoms with Crippen LogP contribution in [0.2, 0.25) is 10.0 Å². The third-order valence-electron chi connectivity index (χ3n) is 5.12. The molecular weight excluding hydrogens is 404 g/mol. The normalized spacial score (nSPS) is 15.3. The first-order valence-electron chi connectivity index (χ1n) is 9.02. The zero-order chi connectivity index (χ0) is 20.3. The molecule has 2 aromatic carbocycles. The van der Waals surface area contributed by atoms with Gasteiger partial charge in [0.2, 0.25) is 0 Å². The summed E-state index contributed by atoms with van der Waals surface area (Å²) in [5, 5.41) is 3.19. The van der Waals surface area contributed by atoms with Crippen molar-refractivity contribution in [1.29, 1.82) is 0 Å². The van der Waals surface area contributed by atoms with Gasteiger partial charge >= 0.3 is 5.97 Å². The van der Waals surface area contributed by atoms with E-state index in [1.165, 1.54) is 6.07 Å². The van der Waals surface area contributed by atoms with Crippen molar-refractivity contribution in [3.8, 4) is 0 Å². The van der Waals surface area contributed by atoms with Crippen LogP contribution in [0.4, 0.5) is 10.1 Å². The molecule has 148 valence electrons. The van der Waals surface area contributed by atoms with Crippen molar-refractivity contribution in [2.45, 2.75) is 38.0 Å². The Labute approximate surface area is 173 Å². The molecule has 1 saturated carbocycles. The minimum absolute atomic E-state index is 0.272. The minimum Gasteiger partial charge on any atom is -0.455 e. The molecule has 0 bridgehead atoms. The van der Waals surface area contributed by atoms with Crippen LogP contribution in [0.5, 0.6) is 0 Å². The number of benzene rings is 2. The predicted molar refractivity (Wildman–Crippen MR) is 107 cm³/mol. The summed E-state index contributed by atoms with van der Waals surface area (Å²) < 4.78 is 19.6. The fraction of sp³-hybridized carbons (Fsp3) is 0.333. The molecule has 1 aliphatic rings. The Morgan fingerprint density at radius 3 is 2.50 bits per heavy atom. The van der Waals surface area contributed by atoms with E-state index in [2.05, 4.69) is 5.32 Å². The van der Waals surface area contributed by atoms with Gasteiger partial charge in [-0.25, -0.2) is 4.39 Å². The van der Waals surface area contributed by atoms with E-state index < -0.39 is 29.7 Å². The summed E-state index contributed by atoms with van der Waals surface area (Å²) in [6.07, 6.45) is 2.57. The highest BCUT2D eigenvalue weighted by atomic mass is 35.5. The monoisotopic (exact) mass is 423 g/mol. The molecule has 7 heteroatoms. The summed E-state index contributed by atoms with van der Waals surface area (Å²) in [6.45, 7) is 1.28. The minimum atomic E-state index is -1.05. The summed E-state index contributed by atoms with van der Waals surface area (Å²) >= 11 is 12.3. The largest absolute Gasteiger partial charge is 0.455 e. The smallest absolute Gasteiger partial charge is 0.317 e. The SMILES string of the molecule is Cc1ccc(Cl)c(NC(=O)COC(=O)C2(c3ccccc3F)CCCC2)c1Cl. The fourth-order valence-corrected chi connectivity index (χ4v) is 4.09. The van der Waals surface area contributed by atoms with Gasteiger partial charge in [-0.3, -0.25) is 9.59 Å². The second kappa shape index (κ2) is 8.50. The van der Waals surface area contributed by atoms with Crippen LogP contribution in [0.25, 0.3) is 0 Å². The molecule has 0 heterocycles. The number of anilines is 1. The molecule has 4 nitrogen and oxygen atoms in total. The molecule has 1 aliphatic carbocycles. The van der Waals surface area contributed by atoms with Gasteiger partial charge in [0.15, 0.2) is 6.61 Å². The molecule has 28 heavy (non-hydrogen) atoms. The van der Waals surface area contributed by atoms with Crippen molar-refractivity contribution in [3.05, 3.63) is 63.4 Å². The lowest BCUT2D eigenvalue weighted by molar-refractivity contribution is -0.153. The van der Waals surface area contributed by atoms with E-state index >= 15 is 0 Å². The van der Waals surface area contributed by atoms with Crippen LogP contribution in [0.1, 0.15) is 36.8 Å². The topological polar surface area (TPSA) is 55.4 Å². The number of hydrogen-bond donors (Lipinski definition) is 1. The molecule has 3 rings (SSSR count). The van der Waals surface area contributed by atoms with Crippen molar-refractivity contribution in [1.82, 2.24) is 0 Å². The quantitative estimate of drug-likeness (QED) is 0.651. The second-order valence-corrected chi connectivity index (χ2v) is 7.73. The summed E-state index contributed by atoms with van der Waals surface area (Å²) in [4.78, 5) is 25.1. The zero-order valence-corrected chi connectivity index (χ0v) is 16.9. The van der Waals surface area contributed by atoms with Crippen LogP contribution < -0.4 is 5.32 Å². The van der Waals surface area contributed by atoms with Crippen LogP contribution in [0.15, 0.2) is 36.4 Å². The lowest BCUT2D eigenvalue weighted by Crippen LogP contribution is -2.37. The molecule has 2 aromatic rings. The van der Waals surface area contributed by atoms with E-state index in [1.807, 2.05) is 0 Å². The van der Waals surface area contributed by atoms with Gasteiger partial charge in [-0.05, 0) is 37.5 Å². The van der Waals surface area contributed by atoms with Crippen LogP contribution in [0.3, 0.4) is 0 Å². The Hall–Kier alpha value is -2.11. The molecule has 1 amide bonds. The van der Waals surface area contributed by atoms with E-state index in [-0.39, 0.29) is 10.7 Å². The van der Waals surface area contributed by atoms with E-state index in [0.29, 0.717) is 23.4 Å². The fourth-order valence-electron chi connectivity index (χ4n) is 3.63. The van der Waals surface area contributed by atoms with Crippen LogP contribution in [0, 0.1) is 12.7 Å². The second-order valence-electron chi connectivity index (χ2n) is 6.95. The Morgan fingerprint density at radius 1 is 1.14 bits per heavy atom. The molecule has 0 saturated heterocycles. The highest BCUT2D eigenvalue weighted by molar-refractivity contribution is 6.40. The van der Waals surface area contributed by atoms with Gasteiger partial charge in [-0.15, -0.1) is 0 Å². The van der Waals surface area contributed by atoms with Gasteiger partial charge in [0.05, 0.1) is 21.1 Å². The number of ether oxygens (including phenoxy) is 1. The first-order valence-corrected chi connectivity index (χ1v) is 9.77. The van der Waals surface area contributed by atoms with E-state index in [0.717, 1.165) is 18.4 Å². The molecule has 1 N–H and O–H groups in total. The maximum atomic E-state index is 14.3. The van der Waals surface area contributed by atoms with Gasteiger partial charge in [0.25, 0.3) is 5.91 Å². The number of carbonyl (C=O) groups excluding carboxylic acids is 2. The number of rotatable bonds is 5. The maximum Gasteiger partial charge on any atom is 0.317 e. The number of hydrogen-bond acceptors (Lipinski definition) is 3. The molecule has 0 spiro atoms. The molecule has 0 aliphatic heterocycles. The van der Waals surface area contributed by atoms with Crippen molar-refractivity contribution in [2.75, 3.05) is 11.9 Å². The lowest BCUT2D eigenvalue weighted by atomic mass is 9.78. The third-order valence-corrected chi connectivity index (χ3v) is 5.92. The number of aryl methyl sites for hydroxylation is 1. The van der Waals surface area contributed by atoms with Gasteiger partial charge in [0.1, 0.15) is 5.82 Å². The summed E-state index contributed by atoms with van der Waals surface area (Å²) in [7, 11) is 0. The van der Waals surface area contributed by atoms with E-state index in [4.69, 9.17) is 27.9 Å². The average molecular weight is 424 g/mol. The van der Waals surface area contributed by atoms with Crippen LogP contribution in [-0.2, 0) is 19.7 Å². The standard InChI is InChI=1S/C21H20Cl2FNO3/c1-13-8-9-15(22)19(18(13)23)25-17(26)12-28-20(27)21(10-4-5-11-21)14-6-2-3-7-16(14)24/h2-3,6-9H,4-5,10-12H2,1H3,(H,25,26). The van der Waals surface area contributed by atoms with E-state index in [1.54, 1.807) is 37.3 Å². The Balaban J connectivity index is 1.72. The predicted octanol–water partition coefficient (Wildman–Crippen LogP) is 5.43. The van der Waals surface area contributed by atoms with Crippen LogP contribution in [-0.4, -0.2) is 18.5 Å². The number of carbonyl (C=O) groups is 2. The number of nitrogens with one attached hydrogen (secondary N) is 1.